The third-order valence-electron chi connectivity index (χ3n) is 2.88. The van der Waals surface area contributed by atoms with Crippen molar-refractivity contribution in [3.63, 3.8) is 0 Å². The number of hydrogen-bond acceptors (Lipinski definition) is 3. The van der Waals surface area contributed by atoms with Gasteiger partial charge in [-0.05, 0) is 31.0 Å². The second-order valence-electron chi connectivity index (χ2n) is 4.65. The minimum atomic E-state index is -0.184. The highest BCUT2D eigenvalue weighted by Gasteiger charge is 2.05. The second kappa shape index (κ2) is 9.34. The molecule has 0 aliphatic carbocycles. The summed E-state index contributed by atoms with van der Waals surface area (Å²) in [6.45, 7) is 5.65. The lowest BCUT2D eigenvalue weighted by atomic mass is 10.2. The van der Waals surface area contributed by atoms with Gasteiger partial charge >= 0.3 is 6.03 Å². The average Bonchev–Trinajstić information content (AvgIpc) is 2.43. The summed E-state index contributed by atoms with van der Waals surface area (Å²) in [7, 11) is 1.64. The van der Waals surface area contributed by atoms with Gasteiger partial charge in [0.05, 0.1) is 19.8 Å². The number of rotatable bonds is 8. The van der Waals surface area contributed by atoms with Crippen molar-refractivity contribution in [3.8, 4) is 0 Å². The zero-order chi connectivity index (χ0) is 14.8. The summed E-state index contributed by atoms with van der Waals surface area (Å²) in [5.74, 6) is 0. The Morgan fingerprint density at radius 3 is 2.85 bits per heavy atom. The molecule has 1 aromatic rings. The molecule has 0 saturated carbocycles. The number of urea groups is 1. The highest BCUT2D eigenvalue weighted by atomic mass is 16.5. The molecule has 0 spiro atoms. The van der Waals surface area contributed by atoms with Crippen molar-refractivity contribution >= 4 is 11.7 Å². The van der Waals surface area contributed by atoms with Crippen LogP contribution in [-0.4, -0.2) is 32.4 Å². The van der Waals surface area contributed by atoms with Crippen LogP contribution in [0.4, 0.5) is 10.5 Å². The maximum Gasteiger partial charge on any atom is 0.319 e. The molecule has 0 unspecified atom stereocenters. The molecule has 0 aromatic heterocycles. The predicted molar refractivity (Wildman–Crippen MR) is 79.9 cm³/mol. The molecule has 112 valence electrons. The van der Waals surface area contributed by atoms with E-state index in [1.54, 1.807) is 7.11 Å². The van der Waals surface area contributed by atoms with E-state index in [1.807, 2.05) is 38.1 Å². The first-order valence-electron chi connectivity index (χ1n) is 6.88. The third kappa shape index (κ3) is 6.54. The fourth-order valence-corrected chi connectivity index (χ4v) is 1.56. The van der Waals surface area contributed by atoms with Crippen molar-refractivity contribution in [1.29, 1.82) is 0 Å². The molecular weight excluding hydrogens is 256 g/mol. The zero-order valence-electron chi connectivity index (χ0n) is 12.4. The maximum atomic E-state index is 11.7. The Hall–Kier alpha value is -1.59. The molecule has 0 saturated heterocycles. The first-order chi connectivity index (χ1) is 9.65. The molecule has 0 heterocycles. The van der Waals surface area contributed by atoms with Crippen LogP contribution >= 0.6 is 0 Å². The lowest BCUT2D eigenvalue weighted by Gasteiger charge is -2.13. The Bertz CT molecular complexity index is 410. The predicted octanol–water partition coefficient (Wildman–Crippen LogP) is 2.77. The molecule has 5 nitrogen and oxygen atoms in total. The van der Waals surface area contributed by atoms with Gasteiger partial charge in [-0.3, -0.25) is 0 Å². The fraction of sp³-hybridized carbons (Fsp3) is 0.533. The Balaban J connectivity index is 2.44. The Morgan fingerprint density at radius 1 is 1.35 bits per heavy atom. The number of carbonyl (C=O) groups excluding carboxylic acids is 1. The van der Waals surface area contributed by atoms with Crippen molar-refractivity contribution in [3.05, 3.63) is 29.8 Å². The van der Waals surface area contributed by atoms with Gasteiger partial charge in [-0.25, -0.2) is 4.79 Å². The molecule has 0 aliphatic rings. The van der Waals surface area contributed by atoms with Gasteiger partial charge in [0.15, 0.2) is 0 Å². The van der Waals surface area contributed by atoms with Crippen LogP contribution in [0.15, 0.2) is 24.3 Å². The fourth-order valence-electron chi connectivity index (χ4n) is 1.56. The topological polar surface area (TPSA) is 59.6 Å². The van der Waals surface area contributed by atoms with Crippen LogP contribution in [0.25, 0.3) is 0 Å². The number of benzene rings is 1. The molecule has 1 rings (SSSR count). The first kappa shape index (κ1) is 16.5. The molecular formula is C15H24N2O3. The minimum Gasteiger partial charge on any atom is -0.382 e. The van der Waals surface area contributed by atoms with Gasteiger partial charge in [-0.15, -0.1) is 0 Å². The van der Waals surface area contributed by atoms with Crippen molar-refractivity contribution < 1.29 is 14.3 Å². The molecule has 1 atom stereocenters. The summed E-state index contributed by atoms with van der Waals surface area (Å²) < 4.78 is 10.4. The highest BCUT2D eigenvalue weighted by molar-refractivity contribution is 5.89. The van der Waals surface area contributed by atoms with Gasteiger partial charge in [0, 0.05) is 18.8 Å². The number of nitrogens with one attached hydrogen (secondary N) is 2. The van der Waals surface area contributed by atoms with Gasteiger partial charge in [0.25, 0.3) is 0 Å². The first-order valence-corrected chi connectivity index (χ1v) is 6.88. The summed E-state index contributed by atoms with van der Waals surface area (Å²) in [5, 5.41) is 5.68. The van der Waals surface area contributed by atoms with Crippen LogP contribution in [0, 0.1) is 0 Å². The van der Waals surface area contributed by atoms with Gasteiger partial charge in [-0.1, -0.05) is 19.1 Å². The van der Waals surface area contributed by atoms with E-state index >= 15 is 0 Å². The minimum absolute atomic E-state index is 0.163. The van der Waals surface area contributed by atoms with Crippen LogP contribution in [-0.2, 0) is 16.1 Å². The lowest BCUT2D eigenvalue weighted by molar-refractivity contribution is 0.0617. The number of amides is 2. The summed E-state index contributed by atoms with van der Waals surface area (Å²) in [5.41, 5.74) is 1.78. The molecule has 0 fully saturated rings. The number of carbonyl (C=O) groups is 1. The number of methoxy groups -OCH3 is 1. The largest absolute Gasteiger partial charge is 0.382 e. The summed E-state index contributed by atoms with van der Waals surface area (Å²) >= 11 is 0. The van der Waals surface area contributed by atoms with E-state index in [0.717, 1.165) is 17.7 Å². The molecule has 5 heteroatoms. The smallest absolute Gasteiger partial charge is 0.319 e. The van der Waals surface area contributed by atoms with E-state index in [2.05, 4.69) is 10.6 Å². The number of anilines is 1. The van der Waals surface area contributed by atoms with Crippen LogP contribution in [0.3, 0.4) is 0 Å². The van der Waals surface area contributed by atoms with Crippen LogP contribution in [0.1, 0.15) is 25.8 Å². The second-order valence-corrected chi connectivity index (χ2v) is 4.65. The average molecular weight is 280 g/mol. The third-order valence-corrected chi connectivity index (χ3v) is 2.88. The summed E-state index contributed by atoms with van der Waals surface area (Å²) in [4.78, 5) is 11.7. The summed E-state index contributed by atoms with van der Waals surface area (Å²) in [6.07, 6.45) is 0.904. The van der Waals surface area contributed by atoms with Crippen LogP contribution < -0.4 is 10.6 Å². The lowest BCUT2D eigenvalue weighted by Crippen LogP contribution is -2.35. The van der Waals surface area contributed by atoms with Crippen molar-refractivity contribution in [1.82, 2.24) is 5.32 Å². The Morgan fingerprint density at radius 2 is 2.15 bits per heavy atom. The van der Waals surface area contributed by atoms with E-state index in [9.17, 15) is 4.79 Å². The normalized spacial score (nSPS) is 11.9. The van der Waals surface area contributed by atoms with E-state index in [-0.39, 0.29) is 12.1 Å². The Kier molecular flexibility index (Phi) is 7.69. The van der Waals surface area contributed by atoms with E-state index in [4.69, 9.17) is 9.47 Å². The zero-order valence-corrected chi connectivity index (χ0v) is 12.4. The van der Waals surface area contributed by atoms with Gasteiger partial charge in [0.2, 0.25) is 0 Å². The quantitative estimate of drug-likeness (QED) is 0.720. The van der Waals surface area contributed by atoms with E-state index in [0.29, 0.717) is 19.8 Å². The molecule has 0 bridgehead atoms. The van der Waals surface area contributed by atoms with E-state index < -0.39 is 0 Å². The van der Waals surface area contributed by atoms with Crippen molar-refractivity contribution in [2.24, 2.45) is 0 Å². The molecule has 20 heavy (non-hydrogen) atoms. The number of hydrogen-bond donors (Lipinski definition) is 2. The standard InChI is InChI=1S/C15H24N2O3/c1-4-12(2)16-15(18)17-14-7-5-6-13(10-14)11-20-9-8-19-3/h5-7,10,12H,4,8-9,11H2,1-3H3,(H2,16,17,18)/t12-/m0/s1. The van der Waals surface area contributed by atoms with Gasteiger partial charge in [0.1, 0.15) is 0 Å². The Labute approximate surface area is 120 Å². The number of ether oxygens (including phenoxy) is 2. The molecule has 2 N–H and O–H groups in total. The molecule has 0 radical (unpaired) electrons. The van der Waals surface area contributed by atoms with E-state index in [1.165, 1.54) is 0 Å². The van der Waals surface area contributed by atoms with Crippen molar-refractivity contribution in [2.75, 3.05) is 25.6 Å². The maximum absolute atomic E-state index is 11.7. The van der Waals surface area contributed by atoms with Crippen LogP contribution in [0.5, 0.6) is 0 Å². The molecule has 2 amide bonds. The van der Waals surface area contributed by atoms with Crippen molar-refractivity contribution in [2.45, 2.75) is 32.9 Å². The highest BCUT2D eigenvalue weighted by Crippen LogP contribution is 2.11. The van der Waals surface area contributed by atoms with Gasteiger partial charge in [-0.2, -0.15) is 0 Å². The molecule has 0 aliphatic heterocycles. The SMILES string of the molecule is CC[C@H](C)NC(=O)Nc1cccc(COCCOC)c1. The van der Waals surface area contributed by atoms with Gasteiger partial charge < -0.3 is 20.1 Å². The molecule has 1 aromatic carbocycles. The summed E-state index contributed by atoms with van der Waals surface area (Å²) in [6, 6.07) is 7.60. The van der Waals surface area contributed by atoms with Crippen LogP contribution in [0.2, 0.25) is 0 Å². The monoisotopic (exact) mass is 280 g/mol.